The molecule has 0 aromatic heterocycles. The van der Waals surface area contributed by atoms with E-state index in [0.29, 0.717) is 0 Å². The van der Waals surface area contributed by atoms with Gasteiger partial charge in [0.25, 0.3) is 0 Å². The summed E-state index contributed by atoms with van der Waals surface area (Å²) < 4.78 is 40.0. The van der Waals surface area contributed by atoms with Gasteiger partial charge in [-0.15, -0.1) is 0 Å². The van der Waals surface area contributed by atoms with Crippen molar-refractivity contribution in [2.75, 3.05) is 19.7 Å². The molecular formula is C14H17FN2O3S. The van der Waals surface area contributed by atoms with Crippen molar-refractivity contribution in [1.82, 2.24) is 4.31 Å². The van der Waals surface area contributed by atoms with Gasteiger partial charge in [0.15, 0.2) is 0 Å². The second kappa shape index (κ2) is 6.54. The van der Waals surface area contributed by atoms with Crippen LogP contribution in [0.3, 0.4) is 0 Å². The number of aliphatic hydroxyl groups excluding tert-OH is 1. The van der Waals surface area contributed by atoms with E-state index in [0.717, 1.165) is 25.0 Å². The summed E-state index contributed by atoms with van der Waals surface area (Å²) in [6.07, 6.45) is 1.54. The molecule has 1 saturated carbocycles. The standard InChI is InChI=1S/C14H17FN2O3S/c15-12-3-6-14(11(10-12)2-1-7-16)21(19,20)17(8-9-18)13-4-5-13/h3,6,10,13,18H,4-5,7-9,16H2. The maximum absolute atomic E-state index is 13.3. The Bertz CT molecular complexity index is 675. The van der Waals surface area contributed by atoms with Crippen molar-refractivity contribution in [1.29, 1.82) is 0 Å². The van der Waals surface area contributed by atoms with Crippen LogP contribution in [0, 0.1) is 17.7 Å². The fourth-order valence-electron chi connectivity index (χ4n) is 2.06. The molecule has 1 aliphatic rings. The van der Waals surface area contributed by atoms with Crippen LogP contribution in [0.2, 0.25) is 0 Å². The highest BCUT2D eigenvalue weighted by molar-refractivity contribution is 7.89. The Morgan fingerprint density at radius 1 is 1.43 bits per heavy atom. The van der Waals surface area contributed by atoms with Crippen molar-refractivity contribution in [3.05, 3.63) is 29.6 Å². The second-order valence-electron chi connectivity index (χ2n) is 4.72. The van der Waals surface area contributed by atoms with Gasteiger partial charge in [0.1, 0.15) is 5.82 Å². The van der Waals surface area contributed by atoms with E-state index in [2.05, 4.69) is 11.8 Å². The zero-order chi connectivity index (χ0) is 15.5. The number of rotatable bonds is 5. The molecule has 5 nitrogen and oxygen atoms in total. The number of aliphatic hydroxyl groups is 1. The van der Waals surface area contributed by atoms with Crippen LogP contribution in [0.25, 0.3) is 0 Å². The molecule has 0 radical (unpaired) electrons. The summed E-state index contributed by atoms with van der Waals surface area (Å²) in [6.45, 7) is -0.187. The van der Waals surface area contributed by atoms with Crippen LogP contribution in [0.15, 0.2) is 23.1 Å². The zero-order valence-corrected chi connectivity index (χ0v) is 12.2. The van der Waals surface area contributed by atoms with Gasteiger partial charge in [-0.05, 0) is 31.0 Å². The molecule has 0 aliphatic heterocycles. The second-order valence-corrected chi connectivity index (χ2v) is 6.58. The minimum atomic E-state index is -3.81. The van der Waals surface area contributed by atoms with Crippen molar-refractivity contribution >= 4 is 10.0 Å². The van der Waals surface area contributed by atoms with E-state index >= 15 is 0 Å². The smallest absolute Gasteiger partial charge is 0.244 e. The fraction of sp³-hybridized carbons (Fsp3) is 0.429. The molecule has 0 spiro atoms. The van der Waals surface area contributed by atoms with Gasteiger partial charge in [0, 0.05) is 18.2 Å². The topological polar surface area (TPSA) is 83.6 Å². The summed E-state index contributed by atoms with van der Waals surface area (Å²) in [4.78, 5) is -0.0507. The molecule has 1 aliphatic carbocycles. The van der Waals surface area contributed by atoms with Gasteiger partial charge < -0.3 is 10.8 Å². The van der Waals surface area contributed by atoms with Crippen LogP contribution in [0.4, 0.5) is 4.39 Å². The Morgan fingerprint density at radius 3 is 2.71 bits per heavy atom. The van der Waals surface area contributed by atoms with E-state index in [1.54, 1.807) is 0 Å². The summed E-state index contributed by atoms with van der Waals surface area (Å²) in [7, 11) is -3.81. The van der Waals surface area contributed by atoms with E-state index in [1.807, 2.05) is 0 Å². The summed E-state index contributed by atoms with van der Waals surface area (Å²) in [6, 6.07) is 3.28. The molecule has 0 heterocycles. The SMILES string of the molecule is NCC#Cc1cc(F)ccc1S(=O)(=O)N(CCO)C1CC1. The first kappa shape index (κ1) is 15.9. The maximum atomic E-state index is 13.3. The Hall–Kier alpha value is -1.46. The normalized spacial score (nSPS) is 14.9. The lowest BCUT2D eigenvalue weighted by Gasteiger charge is -2.21. The third kappa shape index (κ3) is 3.60. The third-order valence-corrected chi connectivity index (χ3v) is 5.14. The van der Waals surface area contributed by atoms with Crippen molar-refractivity contribution in [3.8, 4) is 11.8 Å². The molecule has 0 atom stereocenters. The predicted octanol–water partition coefficient (Wildman–Crippen LogP) is 0.281. The maximum Gasteiger partial charge on any atom is 0.244 e. The minimum Gasteiger partial charge on any atom is -0.395 e. The van der Waals surface area contributed by atoms with Gasteiger partial charge in [0.2, 0.25) is 10.0 Å². The first-order chi connectivity index (χ1) is 10.0. The summed E-state index contributed by atoms with van der Waals surface area (Å²) in [5, 5.41) is 9.07. The number of sulfonamides is 1. The Labute approximate surface area is 123 Å². The van der Waals surface area contributed by atoms with Crippen molar-refractivity contribution in [2.45, 2.75) is 23.8 Å². The highest BCUT2D eigenvalue weighted by atomic mass is 32.2. The van der Waals surface area contributed by atoms with Crippen LogP contribution in [0.1, 0.15) is 18.4 Å². The average molecular weight is 312 g/mol. The lowest BCUT2D eigenvalue weighted by molar-refractivity contribution is 0.250. The number of benzene rings is 1. The van der Waals surface area contributed by atoms with Gasteiger partial charge in [-0.3, -0.25) is 0 Å². The molecule has 114 valence electrons. The number of nitrogens with two attached hydrogens (primary N) is 1. The number of hydrogen-bond donors (Lipinski definition) is 2. The molecule has 2 rings (SSSR count). The zero-order valence-electron chi connectivity index (χ0n) is 11.4. The van der Waals surface area contributed by atoms with Gasteiger partial charge in [-0.25, -0.2) is 12.8 Å². The molecule has 1 aromatic rings. The summed E-state index contributed by atoms with van der Waals surface area (Å²) >= 11 is 0. The molecule has 7 heteroatoms. The molecule has 1 aromatic carbocycles. The van der Waals surface area contributed by atoms with Crippen molar-refractivity contribution in [2.24, 2.45) is 5.73 Å². The monoisotopic (exact) mass is 312 g/mol. The van der Waals surface area contributed by atoms with Crippen molar-refractivity contribution in [3.63, 3.8) is 0 Å². The largest absolute Gasteiger partial charge is 0.395 e. The number of halogens is 1. The molecular weight excluding hydrogens is 295 g/mol. The number of hydrogen-bond acceptors (Lipinski definition) is 4. The Balaban J connectivity index is 2.47. The first-order valence-electron chi connectivity index (χ1n) is 6.62. The average Bonchev–Trinajstić information content (AvgIpc) is 3.26. The number of nitrogens with zero attached hydrogens (tertiary/aromatic N) is 1. The molecule has 0 amide bonds. The molecule has 3 N–H and O–H groups in total. The van der Waals surface area contributed by atoms with Crippen LogP contribution in [-0.4, -0.2) is 43.6 Å². The van der Waals surface area contributed by atoms with E-state index < -0.39 is 15.8 Å². The van der Waals surface area contributed by atoms with Crippen LogP contribution in [-0.2, 0) is 10.0 Å². The lowest BCUT2D eigenvalue weighted by atomic mass is 10.2. The quantitative estimate of drug-likeness (QED) is 0.765. The minimum absolute atomic E-state index is 0.0220. The summed E-state index contributed by atoms with van der Waals surface area (Å²) in [5.74, 6) is 4.57. The molecule has 0 bridgehead atoms. The molecule has 1 fully saturated rings. The van der Waals surface area contributed by atoms with Gasteiger partial charge >= 0.3 is 0 Å². The van der Waals surface area contributed by atoms with Gasteiger partial charge in [0.05, 0.1) is 18.0 Å². The molecule has 0 unspecified atom stereocenters. The van der Waals surface area contributed by atoms with E-state index in [-0.39, 0.29) is 36.2 Å². The van der Waals surface area contributed by atoms with Crippen LogP contribution in [0.5, 0.6) is 0 Å². The lowest BCUT2D eigenvalue weighted by Crippen LogP contribution is -2.35. The highest BCUT2D eigenvalue weighted by Crippen LogP contribution is 2.32. The van der Waals surface area contributed by atoms with E-state index in [1.165, 1.54) is 10.4 Å². The fourth-order valence-corrected chi connectivity index (χ4v) is 3.86. The van der Waals surface area contributed by atoms with Gasteiger partial charge in [-0.1, -0.05) is 11.8 Å². The summed E-state index contributed by atoms with van der Waals surface area (Å²) in [5.41, 5.74) is 5.37. The highest BCUT2D eigenvalue weighted by Gasteiger charge is 2.38. The molecule has 21 heavy (non-hydrogen) atoms. The van der Waals surface area contributed by atoms with Gasteiger partial charge in [-0.2, -0.15) is 4.31 Å². The Morgan fingerprint density at radius 2 is 2.14 bits per heavy atom. The van der Waals surface area contributed by atoms with Crippen molar-refractivity contribution < 1.29 is 17.9 Å². The Kier molecular flexibility index (Phi) is 4.96. The third-order valence-electron chi connectivity index (χ3n) is 3.13. The first-order valence-corrected chi connectivity index (χ1v) is 8.06. The predicted molar refractivity (Wildman–Crippen MR) is 76.3 cm³/mol. The van der Waals surface area contributed by atoms with E-state index in [9.17, 15) is 12.8 Å². The van der Waals surface area contributed by atoms with Crippen LogP contribution < -0.4 is 5.73 Å². The van der Waals surface area contributed by atoms with E-state index in [4.69, 9.17) is 10.8 Å². The molecule has 0 saturated heterocycles. The van der Waals surface area contributed by atoms with Crippen LogP contribution >= 0.6 is 0 Å².